The van der Waals surface area contributed by atoms with Crippen molar-refractivity contribution < 1.29 is 4.79 Å². The van der Waals surface area contributed by atoms with Crippen LogP contribution in [0.1, 0.15) is 39.0 Å². The molecule has 4 heteroatoms. The van der Waals surface area contributed by atoms with Gasteiger partial charge in [-0.15, -0.1) is 0 Å². The molecule has 19 heavy (non-hydrogen) atoms. The van der Waals surface area contributed by atoms with Crippen molar-refractivity contribution in [2.75, 3.05) is 39.3 Å². The molecule has 0 bridgehead atoms. The van der Waals surface area contributed by atoms with Crippen LogP contribution >= 0.6 is 0 Å². The van der Waals surface area contributed by atoms with Crippen LogP contribution in [0.15, 0.2) is 0 Å². The second kappa shape index (κ2) is 5.41. The Kier molecular flexibility index (Phi) is 3.81. The van der Waals surface area contributed by atoms with Gasteiger partial charge < -0.3 is 10.2 Å². The van der Waals surface area contributed by atoms with Crippen LogP contribution in [0.3, 0.4) is 0 Å². The van der Waals surface area contributed by atoms with E-state index in [-0.39, 0.29) is 0 Å². The van der Waals surface area contributed by atoms with Crippen molar-refractivity contribution in [1.29, 1.82) is 0 Å². The molecule has 0 aromatic carbocycles. The molecule has 2 unspecified atom stereocenters. The van der Waals surface area contributed by atoms with Crippen molar-refractivity contribution in [2.45, 2.75) is 45.1 Å². The fourth-order valence-electron chi connectivity index (χ4n) is 4.06. The number of rotatable bonds is 2. The van der Waals surface area contributed by atoms with Crippen molar-refractivity contribution in [3.63, 3.8) is 0 Å². The fraction of sp³-hybridized carbons (Fsp3) is 0.933. The van der Waals surface area contributed by atoms with Gasteiger partial charge >= 0.3 is 0 Å². The lowest BCUT2D eigenvalue weighted by molar-refractivity contribution is -0.135. The summed E-state index contributed by atoms with van der Waals surface area (Å²) in [7, 11) is 0. The van der Waals surface area contributed by atoms with Gasteiger partial charge in [0.15, 0.2) is 0 Å². The van der Waals surface area contributed by atoms with E-state index >= 15 is 0 Å². The molecule has 0 saturated carbocycles. The van der Waals surface area contributed by atoms with E-state index < -0.39 is 0 Å². The summed E-state index contributed by atoms with van der Waals surface area (Å²) in [6.07, 6.45) is 6.20. The number of hydrogen-bond acceptors (Lipinski definition) is 3. The van der Waals surface area contributed by atoms with Gasteiger partial charge in [-0.1, -0.05) is 0 Å². The van der Waals surface area contributed by atoms with Crippen molar-refractivity contribution in [3.05, 3.63) is 0 Å². The van der Waals surface area contributed by atoms with E-state index in [1.807, 2.05) is 0 Å². The Balaban J connectivity index is 1.52. The Hall–Kier alpha value is -0.610. The van der Waals surface area contributed by atoms with Crippen LogP contribution in [0, 0.1) is 5.41 Å². The van der Waals surface area contributed by atoms with E-state index in [2.05, 4.69) is 22.0 Å². The Morgan fingerprint density at radius 3 is 2.95 bits per heavy atom. The van der Waals surface area contributed by atoms with E-state index in [1.165, 1.54) is 32.1 Å². The average Bonchev–Trinajstić information content (AvgIpc) is 3.01. The highest BCUT2D eigenvalue weighted by atomic mass is 16.2. The number of carbonyl (C=O) groups excluding carboxylic acids is 1. The van der Waals surface area contributed by atoms with Gasteiger partial charge in [-0.2, -0.15) is 0 Å². The first kappa shape index (κ1) is 13.4. The van der Waals surface area contributed by atoms with E-state index in [4.69, 9.17) is 0 Å². The summed E-state index contributed by atoms with van der Waals surface area (Å²) in [6, 6.07) is 0.450. The van der Waals surface area contributed by atoms with Crippen molar-refractivity contribution in [1.82, 2.24) is 15.1 Å². The molecule has 108 valence electrons. The second-order valence-electron chi connectivity index (χ2n) is 6.82. The zero-order valence-electron chi connectivity index (χ0n) is 12.2. The number of nitrogens with one attached hydrogen (secondary N) is 1. The zero-order valence-corrected chi connectivity index (χ0v) is 12.2. The van der Waals surface area contributed by atoms with Gasteiger partial charge in [0.2, 0.25) is 5.91 Å². The highest BCUT2D eigenvalue weighted by molar-refractivity contribution is 5.78. The Morgan fingerprint density at radius 2 is 2.21 bits per heavy atom. The summed E-state index contributed by atoms with van der Waals surface area (Å²) in [5, 5.41) is 3.48. The van der Waals surface area contributed by atoms with Gasteiger partial charge in [0.25, 0.3) is 0 Å². The number of likely N-dealkylation sites (tertiary alicyclic amines) is 2. The van der Waals surface area contributed by atoms with Gasteiger partial charge in [-0.25, -0.2) is 0 Å². The summed E-state index contributed by atoms with van der Waals surface area (Å²) >= 11 is 0. The van der Waals surface area contributed by atoms with Crippen molar-refractivity contribution in [3.8, 4) is 0 Å². The molecule has 2 atom stereocenters. The van der Waals surface area contributed by atoms with Gasteiger partial charge in [0.05, 0.1) is 6.54 Å². The van der Waals surface area contributed by atoms with Crippen molar-refractivity contribution >= 4 is 5.91 Å². The molecule has 3 fully saturated rings. The molecule has 1 N–H and O–H groups in total. The van der Waals surface area contributed by atoms with E-state index in [0.717, 1.165) is 32.7 Å². The molecule has 3 aliphatic rings. The maximum absolute atomic E-state index is 12.4. The monoisotopic (exact) mass is 265 g/mol. The largest absolute Gasteiger partial charge is 0.339 e. The van der Waals surface area contributed by atoms with Crippen LogP contribution < -0.4 is 5.32 Å². The summed E-state index contributed by atoms with van der Waals surface area (Å²) in [4.78, 5) is 16.9. The molecule has 3 aliphatic heterocycles. The van der Waals surface area contributed by atoms with Crippen LogP contribution in [-0.4, -0.2) is 61.0 Å². The molecule has 1 spiro atoms. The normalized spacial score (nSPS) is 36.3. The molecular formula is C15H27N3O. The molecule has 0 aromatic rings. The van der Waals surface area contributed by atoms with E-state index in [1.54, 1.807) is 0 Å². The Morgan fingerprint density at radius 1 is 1.32 bits per heavy atom. The molecule has 0 radical (unpaired) electrons. The summed E-state index contributed by atoms with van der Waals surface area (Å²) < 4.78 is 0. The molecule has 0 aliphatic carbocycles. The molecule has 0 aromatic heterocycles. The topological polar surface area (TPSA) is 35.6 Å². The Labute approximate surface area is 116 Å². The highest BCUT2D eigenvalue weighted by Crippen LogP contribution is 2.35. The lowest BCUT2D eigenvalue weighted by Crippen LogP contribution is -2.46. The zero-order chi connectivity index (χ0) is 13.3. The maximum Gasteiger partial charge on any atom is 0.236 e. The first-order valence-corrected chi connectivity index (χ1v) is 7.91. The molecule has 3 heterocycles. The van der Waals surface area contributed by atoms with Gasteiger partial charge in [-0.05, 0) is 57.5 Å². The lowest BCUT2D eigenvalue weighted by Gasteiger charge is -2.34. The van der Waals surface area contributed by atoms with Crippen LogP contribution in [0.2, 0.25) is 0 Å². The third kappa shape index (κ3) is 2.79. The lowest BCUT2D eigenvalue weighted by atomic mass is 9.87. The highest BCUT2D eigenvalue weighted by Gasteiger charge is 2.41. The molecule has 1 amide bonds. The SMILES string of the molecule is CC1CCCCN1C(=O)CN1CCC2(CCNC2)C1. The van der Waals surface area contributed by atoms with E-state index in [0.29, 0.717) is 23.9 Å². The molecule has 3 saturated heterocycles. The number of amides is 1. The number of nitrogens with zero attached hydrogens (tertiary/aromatic N) is 2. The molecule has 4 nitrogen and oxygen atoms in total. The standard InChI is InChI=1S/C15H27N3O/c1-13-4-2-3-8-18(13)14(19)10-17-9-6-15(12-17)5-7-16-11-15/h13,16H,2-12H2,1H3. The number of carbonyl (C=O) groups is 1. The quantitative estimate of drug-likeness (QED) is 0.811. The second-order valence-corrected chi connectivity index (χ2v) is 6.82. The summed E-state index contributed by atoms with van der Waals surface area (Å²) in [5.41, 5.74) is 0.480. The van der Waals surface area contributed by atoms with Crippen LogP contribution in [0.4, 0.5) is 0 Å². The maximum atomic E-state index is 12.4. The number of piperidine rings is 1. The van der Waals surface area contributed by atoms with Crippen molar-refractivity contribution in [2.24, 2.45) is 5.41 Å². The third-order valence-electron chi connectivity index (χ3n) is 5.33. The van der Waals surface area contributed by atoms with Crippen LogP contribution in [0.5, 0.6) is 0 Å². The Bertz CT molecular complexity index is 338. The van der Waals surface area contributed by atoms with Crippen LogP contribution in [-0.2, 0) is 4.79 Å². The summed E-state index contributed by atoms with van der Waals surface area (Å²) in [6.45, 7) is 8.35. The van der Waals surface area contributed by atoms with Crippen LogP contribution in [0.25, 0.3) is 0 Å². The minimum atomic E-state index is 0.357. The smallest absolute Gasteiger partial charge is 0.236 e. The number of hydrogen-bond donors (Lipinski definition) is 1. The third-order valence-corrected chi connectivity index (χ3v) is 5.33. The minimum absolute atomic E-state index is 0.357. The van der Waals surface area contributed by atoms with E-state index in [9.17, 15) is 4.79 Å². The van der Waals surface area contributed by atoms with Gasteiger partial charge in [0.1, 0.15) is 0 Å². The van der Waals surface area contributed by atoms with Gasteiger partial charge in [-0.3, -0.25) is 9.69 Å². The fourth-order valence-corrected chi connectivity index (χ4v) is 4.06. The molecular weight excluding hydrogens is 238 g/mol. The average molecular weight is 265 g/mol. The van der Waals surface area contributed by atoms with Gasteiger partial charge in [0, 0.05) is 25.7 Å². The predicted octanol–water partition coefficient (Wildman–Crippen LogP) is 1.07. The summed E-state index contributed by atoms with van der Waals surface area (Å²) in [5.74, 6) is 0.357. The first-order valence-electron chi connectivity index (χ1n) is 7.91. The molecule has 3 rings (SSSR count). The predicted molar refractivity (Wildman–Crippen MR) is 76.0 cm³/mol. The first-order chi connectivity index (χ1) is 9.19. The minimum Gasteiger partial charge on any atom is -0.339 e.